The van der Waals surface area contributed by atoms with Crippen LogP contribution in [-0.2, 0) is 4.79 Å². The molecule has 0 aromatic rings. The fourth-order valence-electron chi connectivity index (χ4n) is 1.60. The van der Waals surface area contributed by atoms with Gasteiger partial charge in [-0.05, 0) is 18.9 Å². The molecule has 2 amide bonds. The molecule has 14 heavy (non-hydrogen) atoms. The minimum Gasteiger partial charge on any atom is -0.465 e. The van der Waals surface area contributed by atoms with Gasteiger partial charge in [-0.15, -0.1) is 0 Å². The molecule has 78 valence electrons. The molecule has 1 atom stereocenters. The first-order chi connectivity index (χ1) is 6.63. The quantitative estimate of drug-likeness (QED) is 0.632. The van der Waals surface area contributed by atoms with Crippen LogP contribution in [-0.4, -0.2) is 41.1 Å². The van der Waals surface area contributed by atoms with Gasteiger partial charge in [-0.25, -0.2) is 4.79 Å². The molecule has 1 saturated heterocycles. The average Bonchev–Trinajstić information content (AvgIpc) is 2.16. The third-order valence-electron chi connectivity index (χ3n) is 2.24. The Labute approximate surface area is 82.4 Å². The number of carbonyl (C=O) groups is 2. The van der Waals surface area contributed by atoms with Crippen molar-refractivity contribution >= 4 is 12.0 Å². The minimum absolute atomic E-state index is 0.137. The number of carboxylic acid groups (broad SMARTS) is 1. The first-order valence-electron chi connectivity index (χ1n) is 4.54. The first-order valence-corrected chi connectivity index (χ1v) is 4.54. The smallest absolute Gasteiger partial charge is 0.404 e. The number of hydrogen-bond donors (Lipinski definition) is 2. The first kappa shape index (κ1) is 10.6. The summed E-state index contributed by atoms with van der Waals surface area (Å²) >= 11 is 0. The fraction of sp³-hybridized carbons (Fsp3) is 0.556. The molecule has 0 bridgehead atoms. The number of rotatable bonds is 2. The van der Waals surface area contributed by atoms with Crippen LogP contribution >= 0.6 is 0 Å². The van der Waals surface area contributed by atoms with Crippen LogP contribution in [0.1, 0.15) is 12.8 Å². The van der Waals surface area contributed by atoms with E-state index in [9.17, 15) is 9.59 Å². The highest BCUT2D eigenvalue weighted by molar-refractivity contribution is 5.87. The van der Waals surface area contributed by atoms with E-state index in [1.165, 1.54) is 6.08 Å². The van der Waals surface area contributed by atoms with Crippen LogP contribution in [0, 0.1) is 0 Å². The zero-order valence-corrected chi connectivity index (χ0v) is 7.90. The van der Waals surface area contributed by atoms with Crippen molar-refractivity contribution in [2.75, 3.05) is 13.1 Å². The van der Waals surface area contributed by atoms with Crippen molar-refractivity contribution in [2.24, 2.45) is 0 Å². The van der Waals surface area contributed by atoms with Gasteiger partial charge in [0.1, 0.15) is 0 Å². The topological polar surface area (TPSA) is 69.6 Å². The number of hydrogen-bond acceptors (Lipinski definition) is 2. The lowest BCUT2D eigenvalue weighted by Gasteiger charge is -2.31. The largest absolute Gasteiger partial charge is 0.465 e. The number of nitrogens with zero attached hydrogens (tertiary/aromatic N) is 1. The lowest BCUT2D eigenvalue weighted by atomic mass is 10.1. The highest BCUT2D eigenvalue weighted by Gasteiger charge is 2.22. The standard InChI is InChI=1S/C9H14N2O3/c1-2-8(12)11-5-3-4-7(6-11)10-9(13)14/h2,7,10H,1,3-6H2,(H,13,14)/t7-/m1/s1. The summed E-state index contributed by atoms with van der Waals surface area (Å²) in [7, 11) is 0. The molecule has 1 aliphatic rings. The van der Waals surface area contributed by atoms with Crippen molar-refractivity contribution in [3.63, 3.8) is 0 Å². The van der Waals surface area contributed by atoms with Gasteiger partial charge in [-0.2, -0.15) is 0 Å². The zero-order valence-electron chi connectivity index (χ0n) is 7.90. The van der Waals surface area contributed by atoms with Gasteiger partial charge in [0, 0.05) is 19.1 Å². The summed E-state index contributed by atoms with van der Waals surface area (Å²) in [6, 6.07) is -0.148. The molecule has 0 radical (unpaired) electrons. The van der Waals surface area contributed by atoms with E-state index in [-0.39, 0.29) is 11.9 Å². The molecule has 1 heterocycles. The lowest BCUT2D eigenvalue weighted by molar-refractivity contribution is -0.127. The van der Waals surface area contributed by atoms with Crippen molar-refractivity contribution in [3.8, 4) is 0 Å². The molecule has 5 heteroatoms. The third-order valence-corrected chi connectivity index (χ3v) is 2.24. The molecule has 0 aromatic carbocycles. The van der Waals surface area contributed by atoms with Crippen molar-refractivity contribution < 1.29 is 14.7 Å². The summed E-state index contributed by atoms with van der Waals surface area (Å²) in [6.45, 7) is 4.52. The summed E-state index contributed by atoms with van der Waals surface area (Å²) < 4.78 is 0. The van der Waals surface area contributed by atoms with Gasteiger partial charge in [0.15, 0.2) is 0 Å². The Balaban J connectivity index is 2.47. The van der Waals surface area contributed by atoms with Gasteiger partial charge in [0.05, 0.1) is 0 Å². The van der Waals surface area contributed by atoms with E-state index in [4.69, 9.17) is 5.11 Å². The van der Waals surface area contributed by atoms with Crippen LogP contribution < -0.4 is 5.32 Å². The molecule has 0 aromatic heterocycles. The Kier molecular flexibility index (Phi) is 3.50. The van der Waals surface area contributed by atoms with E-state index in [1.54, 1.807) is 4.90 Å². The van der Waals surface area contributed by atoms with Gasteiger partial charge in [0.2, 0.25) is 5.91 Å². The van der Waals surface area contributed by atoms with E-state index < -0.39 is 6.09 Å². The maximum atomic E-state index is 11.2. The van der Waals surface area contributed by atoms with Crippen LogP contribution in [0.5, 0.6) is 0 Å². The summed E-state index contributed by atoms with van der Waals surface area (Å²) in [6.07, 6.45) is 1.82. The molecule has 0 aliphatic carbocycles. The van der Waals surface area contributed by atoms with E-state index in [0.717, 1.165) is 12.8 Å². The zero-order chi connectivity index (χ0) is 10.6. The summed E-state index contributed by atoms with van der Waals surface area (Å²) in [4.78, 5) is 23.2. The monoisotopic (exact) mass is 198 g/mol. The van der Waals surface area contributed by atoms with Gasteiger partial charge in [0.25, 0.3) is 0 Å². The van der Waals surface area contributed by atoms with Crippen LogP contribution in [0.3, 0.4) is 0 Å². The van der Waals surface area contributed by atoms with E-state index in [1.807, 2.05) is 0 Å². The molecular formula is C9H14N2O3. The predicted octanol–water partition coefficient (Wildman–Crippen LogP) is 0.431. The van der Waals surface area contributed by atoms with Crippen molar-refractivity contribution in [1.29, 1.82) is 0 Å². The second kappa shape index (κ2) is 4.64. The summed E-state index contributed by atoms with van der Waals surface area (Å²) in [5, 5.41) is 10.9. The number of nitrogens with one attached hydrogen (secondary N) is 1. The van der Waals surface area contributed by atoms with Gasteiger partial charge in [-0.3, -0.25) is 4.79 Å². The Morgan fingerprint density at radius 1 is 1.57 bits per heavy atom. The Hall–Kier alpha value is -1.52. The number of piperidine rings is 1. The predicted molar refractivity (Wildman–Crippen MR) is 51.0 cm³/mol. The Morgan fingerprint density at radius 2 is 2.29 bits per heavy atom. The second-order valence-corrected chi connectivity index (χ2v) is 3.28. The molecule has 1 fully saturated rings. The van der Waals surface area contributed by atoms with Crippen molar-refractivity contribution in [2.45, 2.75) is 18.9 Å². The Bertz CT molecular complexity index is 252. The molecule has 2 N–H and O–H groups in total. The van der Waals surface area contributed by atoms with E-state index >= 15 is 0 Å². The third kappa shape index (κ3) is 2.76. The van der Waals surface area contributed by atoms with E-state index in [2.05, 4.69) is 11.9 Å². The van der Waals surface area contributed by atoms with Crippen LogP contribution in [0.2, 0.25) is 0 Å². The SMILES string of the molecule is C=CC(=O)N1CCC[C@@H](NC(=O)O)C1. The number of likely N-dealkylation sites (tertiary alicyclic amines) is 1. The Morgan fingerprint density at radius 3 is 2.86 bits per heavy atom. The van der Waals surface area contributed by atoms with Gasteiger partial charge >= 0.3 is 6.09 Å². The van der Waals surface area contributed by atoms with Crippen LogP contribution in [0.4, 0.5) is 4.79 Å². The van der Waals surface area contributed by atoms with Crippen LogP contribution in [0.25, 0.3) is 0 Å². The van der Waals surface area contributed by atoms with Crippen molar-refractivity contribution in [3.05, 3.63) is 12.7 Å². The molecular weight excluding hydrogens is 184 g/mol. The van der Waals surface area contributed by atoms with Gasteiger partial charge in [-0.1, -0.05) is 6.58 Å². The molecule has 0 spiro atoms. The molecule has 5 nitrogen and oxygen atoms in total. The molecule has 1 aliphatic heterocycles. The minimum atomic E-state index is -1.04. The van der Waals surface area contributed by atoms with Gasteiger partial charge < -0.3 is 15.3 Å². The maximum Gasteiger partial charge on any atom is 0.404 e. The summed E-state index contributed by atoms with van der Waals surface area (Å²) in [5.41, 5.74) is 0. The number of carbonyl (C=O) groups excluding carboxylic acids is 1. The number of amides is 2. The molecule has 0 saturated carbocycles. The molecule has 0 unspecified atom stereocenters. The van der Waals surface area contributed by atoms with Crippen LogP contribution in [0.15, 0.2) is 12.7 Å². The van der Waals surface area contributed by atoms with Crippen molar-refractivity contribution in [1.82, 2.24) is 10.2 Å². The highest BCUT2D eigenvalue weighted by atomic mass is 16.4. The highest BCUT2D eigenvalue weighted by Crippen LogP contribution is 2.10. The maximum absolute atomic E-state index is 11.2. The lowest BCUT2D eigenvalue weighted by Crippen LogP contribution is -2.48. The van der Waals surface area contributed by atoms with E-state index in [0.29, 0.717) is 13.1 Å². The average molecular weight is 198 g/mol. The summed E-state index contributed by atoms with van der Waals surface area (Å²) in [5.74, 6) is -0.137. The normalized spacial score (nSPS) is 21.4. The molecule has 1 rings (SSSR count). The fourth-order valence-corrected chi connectivity index (χ4v) is 1.60. The second-order valence-electron chi connectivity index (χ2n) is 3.28.